The number of carbonyl (C=O) groups is 1. The van der Waals surface area contributed by atoms with Crippen LogP contribution >= 0.6 is 0 Å². The van der Waals surface area contributed by atoms with E-state index in [1.807, 2.05) is 0 Å². The number of benzene rings is 2. The van der Waals surface area contributed by atoms with Crippen molar-refractivity contribution >= 4 is 5.97 Å². The maximum atomic E-state index is 13.1. The maximum absolute atomic E-state index is 13.1. The van der Waals surface area contributed by atoms with Crippen molar-refractivity contribution in [2.75, 3.05) is 7.11 Å². The van der Waals surface area contributed by atoms with Gasteiger partial charge in [0.05, 0.1) is 13.5 Å². The highest BCUT2D eigenvalue weighted by atomic mass is 16.5. The first-order valence-corrected chi connectivity index (χ1v) is 15.0. The van der Waals surface area contributed by atoms with E-state index >= 15 is 0 Å². The number of fused-ring (bicyclic) bond motifs is 2. The molecular formula is C36H54O4. The summed E-state index contributed by atoms with van der Waals surface area (Å²) in [6, 6.07) is 4.23. The Kier molecular flexibility index (Phi) is 8.59. The number of carbonyl (C=O) groups excluding carboxylic acids is 1. The molecule has 0 aliphatic heterocycles. The van der Waals surface area contributed by atoms with Crippen molar-refractivity contribution in [3.8, 4) is 11.5 Å². The summed E-state index contributed by atoms with van der Waals surface area (Å²) in [6.45, 7) is 25.7. The third-order valence-corrected chi connectivity index (χ3v) is 8.43. The largest absolute Gasteiger partial charge is 0.507 e. The van der Waals surface area contributed by atoms with E-state index in [1.165, 1.54) is 23.8 Å². The Hall–Kier alpha value is -2.49. The number of ether oxygens (including phenoxy) is 1. The van der Waals surface area contributed by atoms with Gasteiger partial charge >= 0.3 is 5.97 Å². The molecule has 0 aromatic heterocycles. The second kappa shape index (κ2) is 10.7. The number of esters is 1. The molecule has 4 nitrogen and oxygen atoms in total. The summed E-state index contributed by atoms with van der Waals surface area (Å²) in [4.78, 5) is 13.1. The van der Waals surface area contributed by atoms with Gasteiger partial charge in [0.2, 0.25) is 0 Å². The molecule has 2 aromatic rings. The Bertz CT molecular complexity index is 1190. The fraction of sp³-hybridized carbons (Fsp3) is 0.639. The van der Waals surface area contributed by atoms with E-state index in [1.54, 1.807) is 0 Å². The number of hydrogen-bond acceptors (Lipinski definition) is 4. The van der Waals surface area contributed by atoms with Gasteiger partial charge in [0.15, 0.2) is 0 Å². The highest BCUT2D eigenvalue weighted by molar-refractivity contribution is 5.73. The zero-order valence-electron chi connectivity index (χ0n) is 27.5. The first kappa shape index (κ1) is 32.0. The molecule has 0 saturated heterocycles. The topological polar surface area (TPSA) is 66.8 Å². The minimum atomic E-state index is -0.294. The molecule has 1 aliphatic carbocycles. The number of methoxy groups -OCH3 is 1. The molecule has 0 fully saturated rings. The van der Waals surface area contributed by atoms with E-state index < -0.39 is 0 Å². The number of aromatic hydroxyl groups is 2. The van der Waals surface area contributed by atoms with Crippen molar-refractivity contribution in [1.29, 1.82) is 0 Å². The first-order chi connectivity index (χ1) is 18.1. The van der Waals surface area contributed by atoms with E-state index in [4.69, 9.17) is 4.74 Å². The van der Waals surface area contributed by atoms with Crippen LogP contribution in [0.5, 0.6) is 11.5 Å². The van der Waals surface area contributed by atoms with Crippen LogP contribution in [0, 0.1) is 0 Å². The number of phenolic OH excluding ortho intramolecular Hbond substituents is 2. The predicted octanol–water partition coefficient (Wildman–Crippen LogP) is 8.86. The smallest absolute Gasteiger partial charge is 0.306 e. The standard InChI is InChI=1S/C36H54O4/c1-33(2,3)25-18-21(19-26(31(25)38)34(4,5)6)24(20-27(37)40-13)28-22-16-14-15-17-23(28)30(36(10,11)12)32(39)29(22)35(7,8)9/h18-19,24,38-39H,14-17,20H2,1-13H3. The molecule has 0 spiro atoms. The number of phenols is 2. The minimum Gasteiger partial charge on any atom is -0.507 e. The molecule has 2 aromatic carbocycles. The molecule has 0 amide bonds. The van der Waals surface area contributed by atoms with Gasteiger partial charge in [-0.3, -0.25) is 4.79 Å². The summed E-state index contributed by atoms with van der Waals surface area (Å²) in [6.07, 6.45) is 4.00. The molecule has 3 rings (SSSR count). The van der Waals surface area contributed by atoms with Gasteiger partial charge < -0.3 is 14.9 Å². The van der Waals surface area contributed by atoms with Crippen LogP contribution in [0.2, 0.25) is 0 Å². The van der Waals surface area contributed by atoms with Crippen LogP contribution in [0.3, 0.4) is 0 Å². The fourth-order valence-electron chi connectivity index (χ4n) is 6.66. The van der Waals surface area contributed by atoms with Gasteiger partial charge in [0.25, 0.3) is 0 Å². The third kappa shape index (κ3) is 6.21. The molecule has 40 heavy (non-hydrogen) atoms. The molecule has 1 unspecified atom stereocenters. The van der Waals surface area contributed by atoms with Crippen molar-refractivity contribution in [3.05, 3.63) is 56.6 Å². The van der Waals surface area contributed by atoms with Crippen LogP contribution in [-0.2, 0) is 44.0 Å². The summed E-state index contributed by atoms with van der Waals surface area (Å²) in [5, 5.41) is 23.4. The Morgan fingerprint density at radius 2 is 1.12 bits per heavy atom. The second-order valence-electron chi connectivity index (χ2n) is 16.0. The Morgan fingerprint density at radius 1 is 0.725 bits per heavy atom. The molecule has 0 saturated carbocycles. The summed E-state index contributed by atoms with van der Waals surface area (Å²) >= 11 is 0. The summed E-state index contributed by atoms with van der Waals surface area (Å²) < 4.78 is 5.29. The lowest BCUT2D eigenvalue weighted by Gasteiger charge is -2.36. The van der Waals surface area contributed by atoms with Gasteiger partial charge in [-0.1, -0.05) is 95.2 Å². The number of rotatable bonds is 4. The van der Waals surface area contributed by atoms with Gasteiger partial charge in [-0.2, -0.15) is 0 Å². The van der Waals surface area contributed by atoms with Crippen molar-refractivity contribution in [2.24, 2.45) is 0 Å². The molecule has 2 N–H and O–H groups in total. The molecule has 1 atom stereocenters. The van der Waals surface area contributed by atoms with Crippen molar-refractivity contribution < 1.29 is 19.7 Å². The summed E-state index contributed by atoms with van der Waals surface area (Å²) in [5.74, 6) is 0.235. The lowest BCUT2D eigenvalue weighted by Crippen LogP contribution is -2.25. The van der Waals surface area contributed by atoms with Gasteiger partial charge in [-0.25, -0.2) is 0 Å². The van der Waals surface area contributed by atoms with Gasteiger partial charge in [-0.15, -0.1) is 0 Å². The van der Waals surface area contributed by atoms with Crippen LogP contribution in [-0.4, -0.2) is 23.3 Å². The van der Waals surface area contributed by atoms with Gasteiger partial charge in [0, 0.05) is 17.0 Å². The van der Waals surface area contributed by atoms with Crippen molar-refractivity contribution in [3.63, 3.8) is 0 Å². The van der Waals surface area contributed by atoms with E-state index in [0.29, 0.717) is 11.5 Å². The zero-order valence-corrected chi connectivity index (χ0v) is 27.5. The van der Waals surface area contributed by atoms with Crippen LogP contribution in [0.15, 0.2) is 12.1 Å². The Labute approximate surface area is 243 Å². The lowest BCUT2D eigenvalue weighted by atomic mass is 9.68. The van der Waals surface area contributed by atoms with Crippen molar-refractivity contribution in [2.45, 2.75) is 143 Å². The van der Waals surface area contributed by atoms with E-state index in [0.717, 1.165) is 53.5 Å². The van der Waals surface area contributed by atoms with Gasteiger partial charge in [-0.05, 0) is 80.7 Å². The van der Waals surface area contributed by atoms with E-state index in [2.05, 4.69) is 95.2 Å². The summed E-state index contributed by atoms with van der Waals surface area (Å²) in [5.41, 5.74) is 7.18. The molecule has 0 radical (unpaired) electrons. The van der Waals surface area contributed by atoms with E-state index in [9.17, 15) is 15.0 Å². The molecule has 1 aliphatic rings. The average Bonchev–Trinajstić information content (AvgIpc) is 2.92. The zero-order chi connectivity index (χ0) is 30.6. The van der Waals surface area contributed by atoms with E-state index in [-0.39, 0.29) is 40.0 Å². The molecular weight excluding hydrogens is 496 g/mol. The van der Waals surface area contributed by atoms with Crippen LogP contribution < -0.4 is 0 Å². The molecule has 2 bridgehead atoms. The maximum Gasteiger partial charge on any atom is 0.306 e. The highest BCUT2D eigenvalue weighted by Crippen LogP contribution is 2.51. The van der Waals surface area contributed by atoms with Gasteiger partial charge in [0.1, 0.15) is 11.5 Å². The highest BCUT2D eigenvalue weighted by Gasteiger charge is 2.38. The first-order valence-electron chi connectivity index (χ1n) is 15.0. The lowest BCUT2D eigenvalue weighted by molar-refractivity contribution is -0.140. The third-order valence-electron chi connectivity index (χ3n) is 8.43. The summed E-state index contributed by atoms with van der Waals surface area (Å²) in [7, 11) is 1.45. The van der Waals surface area contributed by atoms with Crippen molar-refractivity contribution in [1.82, 2.24) is 0 Å². The monoisotopic (exact) mass is 550 g/mol. The Morgan fingerprint density at radius 3 is 1.45 bits per heavy atom. The molecule has 222 valence electrons. The van der Waals surface area contributed by atoms with Crippen LogP contribution in [0.1, 0.15) is 153 Å². The fourth-order valence-corrected chi connectivity index (χ4v) is 6.66. The average molecular weight is 551 g/mol. The predicted molar refractivity (Wildman–Crippen MR) is 166 cm³/mol. The molecule has 0 heterocycles. The SMILES string of the molecule is COC(=O)CC(c1cc(C(C)(C)C)c(O)c(C(C)(C)C)c1)c1c2c(C(C)(C)C)c(O)c(C(C)(C)C)c1CCCC2. The molecule has 4 heteroatoms. The number of hydrogen-bond donors (Lipinski definition) is 2. The Balaban J connectivity index is 2.59. The minimum absolute atomic E-state index is 0.201. The van der Waals surface area contributed by atoms with Crippen LogP contribution in [0.25, 0.3) is 0 Å². The quantitative estimate of drug-likeness (QED) is 0.373. The normalized spacial score (nSPS) is 15.5. The van der Waals surface area contributed by atoms with Crippen LogP contribution in [0.4, 0.5) is 0 Å². The second-order valence-corrected chi connectivity index (χ2v) is 16.0.